The molecule has 1 N–H and O–H groups in total. The second-order valence-electron chi connectivity index (χ2n) is 6.89. The normalized spacial score (nSPS) is 18.0. The zero-order valence-electron chi connectivity index (χ0n) is 15.5. The molecule has 1 saturated heterocycles. The number of likely N-dealkylation sites (N-methyl/N-ethyl adjacent to an activating group) is 1. The Balaban J connectivity index is 0.00000191. The van der Waals surface area contributed by atoms with Crippen LogP contribution in [0.4, 0.5) is 0 Å². The van der Waals surface area contributed by atoms with E-state index in [2.05, 4.69) is 37.6 Å². The monoisotopic (exact) mass is 296 g/mol. The first-order valence-electron chi connectivity index (χ1n) is 9.09. The summed E-state index contributed by atoms with van der Waals surface area (Å²) in [7, 11) is 1.96. The summed E-state index contributed by atoms with van der Waals surface area (Å²) >= 11 is 0. The van der Waals surface area contributed by atoms with Gasteiger partial charge in [-0.1, -0.05) is 54.0 Å². The fourth-order valence-electron chi connectivity index (χ4n) is 3.03. The highest BCUT2D eigenvalue weighted by Gasteiger charge is 2.21. The number of likely N-dealkylation sites (tertiary alicyclic amines) is 1. The summed E-state index contributed by atoms with van der Waals surface area (Å²) in [5.41, 5.74) is 1.14. The highest BCUT2D eigenvalue weighted by Crippen LogP contribution is 2.27. The van der Waals surface area contributed by atoms with Crippen LogP contribution < -0.4 is 5.32 Å². The van der Waals surface area contributed by atoms with E-state index in [4.69, 9.17) is 0 Å². The van der Waals surface area contributed by atoms with Crippen LogP contribution in [-0.2, 0) is 0 Å². The fraction of sp³-hybridized carbons (Fsp3) is 0.895. The van der Waals surface area contributed by atoms with E-state index in [1.807, 2.05) is 20.9 Å². The number of piperidine rings is 1. The number of nitrogens with zero attached hydrogens (tertiary/aromatic N) is 1. The van der Waals surface area contributed by atoms with E-state index in [1.165, 1.54) is 45.2 Å². The molecule has 1 rings (SSSR count). The third-order valence-electron chi connectivity index (χ3n) is 4.45. The van der Waals surface area contributed by atoms with Crippen molar-refractivity contribution in [1.82, 2.24) is 10.2 Å². The Hall–Kier alpha value is -0.500. The lowest BCUT2D eigenvalue weighted by Gasteiger charge is -2.33. The minimum Gasteiger partial charge on any atom is -0.391 e. The molecule has 1 heterocycles. The number of hydrogen-bond acceptors (Lipinski definition) is 2. The highest BCUT2D eigenvalue weighted by atomic mass is 15.1. The van der Waals surface area contributed by atoms with Gasteiger partial charge in [-0.3, -0.25) is 4.90 Å². The zero-order chi connectivity index (χ0) is 16.3. The molecule has 2 nitrogen and oxygen atoms in total. The van der Waals surface area contributed by atoms with Crippen molar-refractivity contribution in [1.29, 1.82) is 0 Å². The van der Waals surface area contributed by atoms with Crippen molar-refractivity contribution in [3.05, 3.63) is 12.3 Å². The molecule has 1 aliphatic rings. The summed E-state index contributed by atoms with van der Waals surface area (Å²) in [4.78, 5) is 2.54. The van der Waals surface area contributed by atoms with Crippen molar-refractivity contribution < 1.29 is 0 Å². The maximum absolute atomic E-state index is 4.02. The summed E-state index contributed by atoms with van der Waals surface area (Å²) in [5, 5.41) is 3.15. The van der Waals surface area contributed by atoms with Crippen LogP contribution in [0.15, 0.2) is 12.3 Å². The van der Waals surface area contributed by atoms with Gasteiger partial charge in [0, 0.05) is 19.3 Å². The molecule has 1 fully saturated rings. The Morgan fingerprint density at radius 1 is 1.14 bits per heavy atom. The van der Waals surface area contributed by atoms with Gasteiger partial charge < -0.3 is 5.32 Å². The molecule has 0 saturated carbocycles. The van der Waals surface area contributed by atoms with E-state index >= 15 is 0 Å². The van der Waals surface area contributed by atoms with Gasteiger partial charge in [0.25, 0.3) is 0 Å². The summed E-state index contributed by atoms with van der Waals surface area (Å²) in [6, 6.07) is 0. The molecule has 2 heteroatoms. The van der Waals surface area contributed by atoms with Gasteiger partial charge in [-0.05, 0) is 50.1 Å². The van der Waals surface area contributed by atoms with Gasteiger partial charge >= 0.3 is 0 Å². The average Bonchev–Trinajstić information content (AvgIpc) is 2.49. The summed E-state index contributed by atoms with van der Waals surface area (Å²) in [6.45, 7) is 18.7. The topological polar surface area (TPSA) is 15.3 Å². The molecule has 0 bridgehead atoms. The quantitative estimate of drug-likeness (QED) is 0.684. The lowest BCUT2D eigenvalue weighted by atomic mass is 9.85. The first kappa shape index (κ1) is 20.5. The summed E-state index contributed by atoms with van der Waals surface area (Å²) < 4.78 is 0. The SMILES string of the molecule is C=C(CN1CCC(CC(C)CCC(C)C)CC1)NC.CC. The number of nitrogens with one attached hydrogen (secondary N) is 1. The summed E-state index contributed by atoms with van der Waals surface area (Å²) in [5.74, 6) is 2.73. The molecular formula is C19H40N2. The van der Waals surface area contributed by atoms with Crippen molar-refractivity contribution in [2.24, 2.45) is 17.8 Å². The van der Waals surface area contributed by atoms with Gasteiger partial charge in [-0.2, -0.15) is 0 Å². The minimum atomic E-state index is 0.858. The smallest absolute Gasteiger partial charge is 0.0375 e. The standard InChI is InChI=1S/C17H34N2.C2H6/c1-14(2)6-7-15(3)12-17-8-10-19(11-9-17)13-16(4)18-5;1-2/h14-15,17-18H,4,6-13H2,1-3,5H3;1-2H3. The lowest BCUT2D eigenvalue weighted by Crippen LogP contribution is -2.36. The molecule has 1 unspecified atom stereocenters. The molecule has 1 aliphatic heterocycles. The van der Waals surface area contributed by atoms with Crippen LogP contribution in [0.3, 0.4) is 0 Å². The molecule has 0 amide bonds. The van der Waals surface area contributed by atoms with Crippen LogP contribution in [0.5, 0.6) is 0 Å². The van der Waals surface area contributed by atoms with Gasteiger partial charge in [0.1, 0.15) is 0 Å². The van der Waals surface area contributed by atoms with E-state index in [1.54, 1.807) is 0 Å². The van der Waals surface area contributed by atoms with Gasteiger partial charge in [-0.25, -0.2) is 0 Å². The first-order chi connectivity index (χ1) is 10.0. The van der Waals surface area contributed by atoms with Crippen LogP contribution in [-0.4, -0.2) is 31.6 Å². The predicted molar refractivity (Wildman–Crippen MR) is 96.6 cm³/mol. The van der Waals surface area contributed by atoms with Crippen molar-refractivity contribution in [2.45, 2.75) is 66.7 Å². The third kappa shape index (κ3) is 9.95. The Labute approximate surface area is 134 Å². The average molecular weight is 297 g/mol. The maximum atomic E-state index is 4.02. The molecule has 0 aromatic rings. The van der Waals surface area contributed by atoms with Crippen molar-refractivity contribution >= 4 is 0 Å². The van der Waals surface area contributed by atoms with Crippen molar-refractivity contribution in [3.63, 3.8) is 0 Å². The van der Waals surface area contributed by atoms with Crippen molar-refractivity contribution in [3.8, 4) is 0 Å². The molecule has 0 aromatic heterocycles. The molecule has 1 atom stereocenters. The van der Waals surface area contributed by atoms with E-state index < -0.39 is 0 Å². The van der Waals surface area contributed by atoms with E-state index in [-0.39, 0.29) is 0 Å². The van der Waals surface area contributed by atoms with E-state index in [0.717, 1.165) is 30.0 Å². The van der Waals surface area contributed by atoms with Gasteiger partial charge in [0.15, 0.2) is 0 Å². The Morgan fingerprint density at radius 3 is 2.19 bits per heavy atom. The summed E-state index contributed by atoms with van der Waals surface area (Å²) in [6.07, 6.45) is 7.00. The van der Waals surface area contributed by atoms with Crippen LogP contribution >= 0.6 is 0 Å². The Morgan fingerprint density at radius 2 is 1.71 bits per heavy atom. The molecule has 0 radical (unpaired) electrons. The zero-order valence-corrected chi connectivity index (χ0v) is 15.5. The third-order valence-corrected chi connectivity index (χ3v) is 4.45. The molecule has 0 spiro atoms. The predicted octanol–water partition coefficient (Wildman–Crippen LogP) is 4.92. The second-order valence-corrected chi connectivity index (χ2v) is 6.89. The highest BCUT2D eigenvalue weighted by molar-refractivity contribution is 4.94. The molecular weight excluding hydrogens is 256 g/mol. The number of hydrogen-bond donors (Lipinski definition) is 1. The first-order valence-corrected chi connectivity index (χ1v) is 9.09. The fourth-order valence-corrected chi connectivity index (χ4v) is 3.03. The van der Waals surface area contributed by atoms with Crippen LogP contribution in [0.1, 0.15) is 66.7 Å². The second kappa shape index (κ2) is 12.1. The minimum absolute atomic E-state index is 0.858. The Bertz CT molecular complexity index is 252. The van der Waals surface area contributed by atoms with Crippen LogP contribution in [0.25, 0.3) is 0 Å². The van der Waals surface area contributed by atoms with Gasteiger partial charge in [0.2, 0.25) is 0 Å². The van der Waals surface area contributed by atoms with Crippen molar-refractivity contribution in [2.75, 3.05) is 26.7 Å². The largest absolute Gasteiger partial charge is 0.391 e. The van der Waals surface area contributed by atoms with Gasteiger partial charge in [0.05, 0.1) is 0 Å². The maximum Gasteiger partial charge on any atom is 0.0375 e. The van der Waals surface area contributed by atoms with Crippen LogP contribution in [0, 0.1) is 17.8 Å². The molecule has 0 aromatic carbocycles. The molecule has 0 aliphatic carbocycles. The van der Waals surface area contributed by atoms with E-state index in [0.29, 0.717) is 0 Å². The lowest BCUT2D eigenvalue weighted by molar-refractivity contribution is 0.175. The van der Waals surface area contributed by atoms with Crippen LogP contribution in [0.2, 0.25) is 0 Å². The Kier molecular flexibility index (Phi) is 11.8. The molecule has 21 heavy (non-hydrogen) atoms. The number of rotatable bonds is 8. The molecule has 126 valence electrons. The van der Waals surface area contributed by atoms with Gasteiger partial charge in [-0.15, -0.1) is 0 Å². The van der Waals surface area contributed by atoms with E-state index in [9.17, 15) is 0 Å².